The zero-order chi connectivity index (χ0) is 14.6. The summed E-state index contributed by atoms with van der Waals surface area (Å²) in [4.78, 5) is 4.54. The van der Waals surface area contributed by atoms with Gasteiger partial charge in [-0.2, -0.15) is 4.98 Å². The van der Waals surface area contributed by atoms with Gasteiger partial charge in [-0.15, -0.1) is 0 Å². The van der Waals surface area contributed by atoms with Crippen molar-refractivity contribution in [2.75, 3.05) is 6.61 Å². The van der Waals surface area contributed by atoms with E-state index >= 15 is 0 Å². The normalized spacial score (nSPS) is 28.5. The average molecular weight is 281 g/mol. The number of nitrogens with two attached hydrogens (primary N) is 1. The molecule has 0 unspecified atom stereocenters. The van der Waals surface area contributed by atoms with E-state index in [0.717, 1.165) is 44.4 Å². The molecule has 1 aliphatic carbocycles. The summed E-state index contributed by atoms with van der Waals surface area (Å²) in [6, 6.07) is -0.164. The minimum absolute atomic E-state index is 0.164. The van der Waals surface area contributed by atoms with Crippen molar-refractivity contribution in [3.05, 3.63) is 11.7 Å². The van der Waals surface area contributed by atoms with Crippen LogP contribution >= 0.6 is 0 Å². The molecule has 0 amide bonds. The molecule has 0 saturated heterocycles. The summed E-state index contributed by atoms with van der Waals surface area (Å²) in [5.74, 6) is 1.98. The van der Waals surface area contributed by atoms with Crippen molar-refractivity contribution in [1.82, 2.24) is 10.1 Å². The smallest absolute Gasteiger partial charge is 0.243 e. The van der Waals surface area contributed by atoms with E-state index in [4.69, 9.17) is 15.0 Å². The van der Waals surface area contributed by atoms with Gasteiger partial charge >= 0.3 is 0 Å². The van der Waals surface area contributed by atoms with E-state index < -0.39 is 0 Å². The number of hydrogen-bond acceptors (Lipinski definition) is 5. The van der Waals surface area contributed by atoms with Crippen LogP contribution in [0.2, 0.25) is 0 Å². The molecule has 0 spiro atoms. The van der Waals surface area contributed by atoms with Crippen molar-refractivity contribution in [3.8, 4) is 0 Å². The molecule has 20 heavy (non-hydrogen) atoms. The molecule has 1 heterocycles. The molecule has 1 atom stereocenters. The standard InChI is InChI=1S/C15H27N3O2/c1-4-6-12(16)13-17-14(18-20-13)15(19-5-2)9-7-11(3)8-10-15/h11-12H,4-10,16H2,1-3H3/t11?,12-,15?/m1/s1. The number of aromatic nitrogens is 2. The quantitative estimate of drug-likeness (QED) is 0.865. The van der Waals surface area contributed by atoms with Gasteiger partial charge in [-0.05, 0) is 44.9 Å². The summed E-state index contributed by atoms with van der Waals surface area (Å²) in [6.07, 6.45) is 6.08. The average Bonchev–Trinajstić information content (AvgIpc) is 2.92. The molecule has 1 aromatic heterocycles. The Balaban J connectivity index is 2.17. The first-order valence-corrected chi connectivity index (χ1v) is 7.85. The van der Waals surface area contributed by atoms with Crippen LogP contribution in [0.4, 0.5) is 0 Å². The molecule has 5 nitrogen and oxygen atoms in total. The molecule has 2 rings (SSSR count). The first-order chi connectivity index (χ1) is 9.61. The van der Waals surface area contributed by atoms with Gasteiger partial charge in [0.1, 0.15) is 5.60 Å². The van der Waals surface area contributed by atoms with E-state index in [9.17, 15) is 0 Å². The van der Waals surface area contributed by atoms with Crippen LogP contribution in [0.25, 0.3) is 0 Å². The lowest BCUT2D eigenvalue weighted by Crippen LogP contribution is -2.35. The van der Waals surface area contributed by atoms with Crippen LogP contribution in [-0.2, 0) is 10.3 Å². The van der Waals surface area contributed by atoms with Crippen molar-refractivity contribution < 1.29 is 9.26 Å². The predicted molar refractivity (Wildman–Crippen MR) is 77.1 cm³/mol. The molecular formula is C15H27N3O2. The number of ether oxygens (including phenoxy) is 1. The Morgan fingerprint density at radius 2 is 2.10 bits per heavy atom. The van der Waals surface area contributed by atoms with Crippen LogP contribution in [0.5, 0.6) is 0 Å². The van der Waals surface area contributed by atoms with Gasteiger partial charge in [0.25, 0.3) is 0 Å². The van der Waals surface area contributed by atoms with E-state index in [2.05, 4.69) is 24.0 Å². The highest BCUT2D eigenvalue weighted by molar-refractivity contribution is 5.05. The molecule has 0 bridgehead atoms. The Labute approximate surface area is 121 Å². The molecule has 114 valence electrons. The summed E-state index contributed by atoms with van der Waals surface area (Å²) in [7, 11) is 0. The van der Waals surface area contributed by atoms with Crippen LogP contribution in [0.15, 0.2) is 4.52 Å². The van der Waals surface area contributed by atoms with E-state index in [1.807, 2.05) is 6.92 Å². The van der Waals surface area contributed by atoms with Gasteiger partial charge in [-0.1, -0.05) is 25.4 Å². The molecule has 0 aliphatic heterocycles. The van der Waals surface area contributed by atoms with Gasteiger partial charge in [-0.25, -0.2) is 0 Å². The van der Waals surface area contributed by atoms with Crippen LogP contribution in [-0.4, -0.2) is 16.7 Å². The fourth-order valence-corrected chi connectivity index (χ4v) is 2.94. The molecule has 1 fully saturated rings. The first kappa shape index (κ1) is 15.4. The summed E-state index contributed by atoms with van der Waals surface area (Å²) in [5.41, 5.74) is 5.68. The molecular weight excluding hydrogens is 254 g/mol. The molecule has 0 radical (unpaired) electrons. The van der Waals surface area contributed by atoms with Crippen LogP contribution < -0.4 is 5.73 Å². The summed E-state index contributed by atoms with van der Waals surface area (Å²) < 4.78 is 11.4. The van der Waals surface area contributed by atoms with Gasteiger partial charge in [0.05, 0.1) is 6.04 Å². The second kappa shape index (κ2) is 6.68. The third-order valence-electron chi connectivity index (χ3n) is 4.27. The Kier molecular flexibility index (Phi) is 5.16. The Morgan fingerprint density at radius 3 is 2.70 bits per heavy atom. The zero-order valence-electron chi connectivity index (χ0n) is 12.9. The Morgan fingerprint density at radius 1 is 1.40 bits per heavy atom. The van der Waals surface area contributed by atoms with Crippen molar-refractivity contribution >= 4 is 0 Å². The largest absolute Gasteiger partial charge is 0.367 e. The molecule has 1 aromatic rings. The third kappa shape index (κ3) is 3.20. The predicted octanol–water partition coefficient (Wildman–Crippen LogP) is 3.31. The van der Waals surface area contributed by atoms with Gasteiger partial charge in [0, 0.05) is 6.61 Å². The molecule has 1 aliphatic rings. The highest BCUT2D eigenvalue weighted by Crippen LogP contribution is 2.41. The second-order valence-corrected chi connectivity index (χ2v) is 5.96. The Bertz CT molecular complexity index is 411. The van der Waals surface area contributed by atoms with Crippen molar-refractivity contribution in [2.45, 2.75) is 70.9 Å². The fourth-order valence-electron chi connectivity index (χ4n) is 2.94. The number of hydrogen-bond donors (Lipinski definition) is 1. The third-order valence-corrected chi connectivity index (χ3v) is 4.27. The lowest BCUT2D eigenvalue weighted by Gasteiger charge is -2.36. The topological polar surface area (TPSA) is 74.2 Å². The lowest BCUT2D eigenvalue weighted by molar-refractivity contribution is -0.0847. The first-order valence-electron chi connectivity index (χ1n) is 7.85. The fraction of sp³-hybridized carbons (Fsp3) is 0.867. The van der Waals surface area contributed by atoms with Gasteiger partial charge in [0.15, 0.2) is 0 Å². The van der Waals surface area contributed by atoms with Crippen LogP contribution in [0.3, 0.4) is 0 Å². The second-order valence-electron chi connectivity index (χ2n) is 5.96. The molecule has 2 N–H and O–H groups in total. The maximum atomic E-state index is 6.05. The molecule has 5 heteroatoms. The Hall–Kier alpha value is -0.940. The number of rotatable bonds is 6. The van der Waals surface area contributed by atoms with E-state index in [0.29, 0.717) is 18.3 Å². The highest BCUT2D eigenvalue weighted by Gasteiger charge is 2.41. The summed E-state index contributed by atoms with van der Waals surface area (Å²) in [5, 5.41) is 4.17. The molecule has 0 aromatic carbocycles. The van der Waals surface area contributed by atoms with Crippen molar-refractivity contribution in [3.63, 3.8) is 0 Å². The SMILES string of the molecule is CCC[C@@H](N)c1nc(C2(OCC)CCC(C)CC2)no1. The van der Waals surface area contributed by atoms with E-state index in [-0.39, 0.29) is 11.6 Å². The minimum atomic E-state index is -0.366. The summed E-state index contributed by atoms with van der Waals surface area (Å²) >= 11 is 0. The molecule has 1 saturated carbocycles. The van der Waals surface area contributed by atoms with Gasteiger partial charge in [0.2, 0.25) is 11.7 Å². The maximum Gasteiger partial charge on any atom is 0.243 e. The monoisotopic (exact) mass is 281 g/mol. The highest BCUT2D eigenvalue weighted by atomic mass is 16.5. The van der Waals surface area contributed by atoms with Gasteiger partial charge in [-0.3, -0.25) is 0 Å². The maximum absolute atomic E-state index is 6.05. The lowest BCUT2D eigenvalue weighted by atomic mass is 9.79. The van der Waals surface area contributed by atoms with Crippen LogP contribution in [0.1, 0.15) is 77.1 Å². The van der Waals surface area contributed by atoms with E-state index in [1.165, 1.54) is 0 Å². The van der Waals surface area contributed by atoms with Crippen molar-refractivity contribution in [2.24, 2.45) is 11.7 Å². The zero-order valence-corrected chi connectivity index (χ0v) is 12.9. The van der Waals surface area contributed by atoms with E-state index in [1.54, 1.807) is 0 Å². The minimum Gasteiger partial charge on any atom is -0.367 e. The summed E-state index contributed by atoms with van der Waals surface area (Å²) in [6.45, 7) is 7.07. The van der Waals surface area contributed by atoms with Crippen LogP contribution in [0, 0.1) is 5.92 Å². The van der Waals surface area contributed by atoms with Gasteiger partial charge < -0.3 is 15.0 Å². The number of nitrogens with zero attached hydrogens (tertiary/aromatic N) is 2. The van der Waals surface area contributed by atoms with Crippen molar-refractivity contribution in [1.29, 1.82) is 0 Å².